The van der Waals surface area contributed by atoms with Gasteiger partial charge in [0.05, 0.1) is 5.92 Å². The van der Waals surface area contributed by atoms with Crippen LogP contribution in [0.25, 0.3) is 0 Å². The molecule has 1 amide bonds. The first-order valence-electron chi connectivity index (χ1n) is 8.47. The van der Waals surface area contributed by atoms with Crippen LogP contribution in [0.3, 0.4) is 0 Å². The lowest BCUT2D eigenvalue weighted by Crippen LogP contribution is -2.41. The first kappa shape index (κ1) is 14.1. The number of carbonyl (C=O) groups excluding carboxylic acids is 1. The molecule has 1 saturated carbocycles. The zero-order chi connectivity index (χ0) is 15.1. The highest BCUT2D eigenvalue weighted by molar-refractivity contribution is 5.80. The minimum Gasteiger partial charge on any atom is -0.492 e. The zero-order valence-corrected chi connectivity index (χ0v) is 12.9. The number of ether oxygens (including phenoxy) is 1. The Bertz CT molecular complexity index is 574. The molecule has 2 N–H and O–H groups in total. The van der Waals surface area contributed by atoms with Gasteiger partial charge in [0, 0.05) is 19.1 Å². The third-order valence-electron chi connectivity index (χ3n) is 5.69. The lowest BCUT2D eigenvalue weighted by Gasteiger charge is -2.29. The Balaban J connectivity index is 1.45. The largest absolute Gasteiger partial charge is 0.492 e. The van der Waals surface area contributed by atoms with Gasteiger partial charge in [0.25, 0.3) is 0 Å². The maximum absolute atomic E-state index is 12.9. The minimum atomic E-state index is -0.0359. The SMILES string of the molecule is NC1CCCC2CN(C(=O)C3COc4ccccc4C3)CC12. The number of rotatable bonds is 1. The summed E-state index contributed by atoms with van der Waals surface area (Å²) < 4.78 is 5.78. The van der Waals surface area contributed by atoms with Gasteiger partial charge in [-0.25, -0.2) is 0 Å². The van der Waals surface area contributed by atoms with E-state index in [0.717, 1.165) is 37.2 Å². The fourth-order valence-corrected chi connectivity index (χ4v) is 4.44. The van der Waals surface area contributed by atoms with Crippen molar-refractivity contribution in [3.63, 3.8) is 0 Å². The van der Waals surface area contributed by atoms with E-state index in [1.807, 2.05) is 18.2 Å². The fraction of sp³-hybridized carbons (Fsp3) is 0.611. The van der Waals surface area contributed by atoms with Crippen molar-refractivity contribution in [2.45, 2.75) is 31.7 Å². The van der Waals surface area contributed by atoms with Gasteiger partial charge in [-0.2, -0.15) is 0 Å². The first-order valence-corrected chi connectivity index (χ1v) is 8.47. The molecule has 1 aromatic rings. The van der Waals surface area contributed by atoms with E-state index in [2.05, 4.69) is 11.0 Å². The summed E-state index contributed by atoms with van der Waals surface area (Å²) in [6, 6.07) is 8.32. The second kappa shape index (κ2) is 5.58. The molecule has 4 unspecified atom stereocenters. The van der Waals surface area contributed by atoms with Gasteiger partial charge in [0.1, 0.15) is 12.4 Å². The number of amides is 1. The van der Waals surface area contributed by atoms with Gasteiger partial charge in [0.15, 0.2) is 0 Å². The predicted molar refractivity (Wildman–Crippen MR) is 84.5 cm³/mol. The van der Waals surface area contributed by atoms with Crippen molar-refractivity contribution in [1.82, 2.24) is 4.90 Å². The molecule has 1 aromatic carbocycles. The van der Waals surface area contributed by atoms with Gasteiger partial charge in [0.2, 0.25) is 5.91 Å². The maximum atomic E-state index is 12.9. The lowest BCUT2D eigenvalue weighted by molar-refractivity contribution is -0.136. The number of nitrogens with zero attached hydrogens (tertiary/aromatic N) is 1. The summed E-state index contributed by atoms with van der Waals surface area (Å²) in [4.78, 5) is 14.9. The molecule has 4 heteroatoms. The number of hydrogen-bond donors (Lipinski definition) is 1. The smallest absolute Gasteiger partial charge is 0.229 e. The summed E-state index contributed by atoms with van der Waals surface area (Å²) in [5.74, 6) is 2.28. The van der Waals surface area contributed by atoms with Crippen LogP contribution in [0, 0.1) is 17.8 Å². The Morgan fingerprint density at radius 1 is 1.23 bits per heavy atom. The van der Waals surface area contributed by atoms with Gasteiger partial charge in [-0.1, -0.05) is 24.6 Å². The molecule has 4 nitrogen and oxygen atoms in total. The fourth-order valence-electron chi connectivity index (χ4n) is 4.44. The maximum Gasteiger partial charge on any atom is 0.229 e. The summed E-state index contributed by atoms with van der Waals surface area (Å²) in [5.41, 5.74) is 7.41. The molecule has 2 heterocycles. The highest BCUT2D eigenvalue weighted by Crippen LogP contribution is 2.37. The van der Waals surface area contributed by atoms with E-state index in [-0.39, 0.29) is 17.9 Å². The van der Waals surface area contributed by atoms with Crippen LogP contribution in [0.5, 0.6) is 5.75 Å². The van der Waals surface area contributed by atoms with Crippen molar-refractivity contribution in [2.24, 2.45) is 23.5 Å². The molecule has 22 heavy (non-hydrogen) atoms. The highest BCUT2D eigenvalue weighted by Gasteiger charge is 2.42. The Kier molecular flexibility index (Phi) is 3.57. The van der Waals surface area contributed by atoms with Crippen LogP contribution in [-0.4, -0.2) is 36.5 Å². The number of carbonyl (C=O) groups is 1. The quantitative estimate of drug-likeness (QED) is 0.861. The van der Waals surface area contributed by atoms with Gasteiger partial charge in [-0.15, -0.1) is 0 Å². The molecule has 3 aliphatic rings. The van der Waals surface area contributed by atoms with Gasteiger partial charge in [-0.05, 0) is 42.7 Å². The molecule has 1 aliphatic carbocycles. The van der Waals surface area contributed by atoms with Gasteiger partial charge in [-0.3, -0.25) is 4.79 Å². The number of fused-ring (bicyclic) bond motifs is 2. The molecule has 4 rings (SSSR count). The normalized spacial score (nSPS) is 33.8. The number of likely N-dealkylation sites (tertiary alicyclic amines) is 1. The van der Waals surface area contributed by atoms with Crippen molar-refractivity contribution in [3.8, 4) is 5.75 Å². The Labute approximate surface area is 131 Å². The van der Waals surface area contributed by atoms with Gasteiger partial charge < -0.3 is 15.4 Å². The van der Waals surface area contributed by atoms with E-state index < -0.39 is 0 Å². The van der Waals surface area contributed by atoms with E-state index in [4.69, 9.17) is 10.5 Å². The van der Waals surface area contributed by atoms with Crippen molar-refractivity contribution in [3.05, 3.63) is 29.8 Å². The third kappa shape index (κ3) is 2.39. The summed E-state index contributed by atoms with van der Waals surface area (Å²) in [5, 5.41) is 0. The van der Waals surface area contributed by atoms with Crippen LogP contribution in [0.15, 0.2) is 24.3 Å². The molecule has 4 atom stereocenters. The standard InChI is InChI=1S/C18H24N2O2/c19-16-6-3-5-13-9-20(10-15(13)16)18(21)14-8-12-4-1-2-7-17(12)22-11-14/h1-2,4,7,13-16H,3,5-6,8-11,19H2. The first-order chi connectivity index (χ1) is 10.7. The second-order valence-electron chi connectivity index (χ2n) is 7.08. The van der Waals surface area contributed by atoms with Crippen molar-refractivity contribution in [1.29, 1.82) is 0 Å². The van der Waals surface area contributed by atoms with Crippen LogP contribution in [0.4, 0.5) is 0 Å². The van der Waals surface area contributed by atoms with E-state index in [0.29, 0.717) is 18.4 Å². The second-order valence-corrected chi connectivity index (χ2v) is 7.08. The summed E-state index contributed by atoms with van der Waals surface area (Å²) >= 11 is 0. The summed E-state index contributed by atoms with van der Waals surface area (Å²) in [7, 11) is 0. The Morgan fingerprint density at radius 2 is 2.09 bits per heavy atom. The Hall–Kier alpha value is -1.55. The van der Waals surface area contributed by atoms with Crippen LogP contribution < -0.4 is 10.5 Å². The average molecular weight is 300 g/mol. The monoisotopic (exact) mass is 300 g/mol. The molecular formula is C18H24N2O2. The molecule has 0 aromatic heterocycles. The number of hydrogen-bond acceptors (Lipinski definition) is 3. The zero-order valence-electron chi connectivity index (χ0n) is 12.9. The lowest BCUT2D eigenvalue weighted by atomic mass is 9.78. The third-order valence-corrected chi connectivity index (χ3v) is 5.69. The van der Waals surface area contributed by atoms with Crippen molar-refractivity contribution < 1.29 is 9.53 Å². The number of nitrogens with two attached hydrogens (primary N) is 1. The molecule has 2 aliphatic heterocycles. The summed E-state index contributed by atoms with van der Waals surface area (Å²) in [6.45, 7) is 2.26. The van der Waals surface area contributed by atoms with E-state index >= 15 is 0 Å². The van der Waals surface area contributed by atoms with E-state index in [9.17, 15) is 4.79 Å². The molecule has 0 bridgehead atoms. The number of para-hydroxylation sites is 1. The molecule has 2 fully saturated rings. The Morgan fingerprint density at radius 3 is 2.95 bits per heavy atom. The van der Waals surface area contributed by atoms with Crippen molar-refractivity contribution >= 4 is 5.91 Å². The number of benzene rings is 1. The highest BCUT2D eigenvalue weighted by atomic mass is 16.5. The molecule has 0 radical (unpaired) electrons. The van der Waals surface area contributed by atoms with Crippen molar-refractivity contribution in [2.75, 3.05) is 19.7 Å². The average Bonchev–Trinajstić information content (AvgIpc) is 2.99. The molecule has 118 valence electrons. The van der Waals surface area contributed by atoms with Crippen LogP contribution in [-0.2, 0) is 11.2 Å². The predicted octanol–water partition coefficient (Wildman–Crippen LogP) is 1.82. The molecule has 0 spiro atoms. The van der Waals surface area contributed by atoms with Gasteiger partial charge >= 0.3 is 0 Å². The van der Waals surface area contributed by atoms with Crippen LogP contribution >= 0.6 is 0 Å². The van der Waals surface area contributed by atoms with E-state index in [1.165, 1.54) is 12.8 Å². The summed E-state index contributed by atoms with van der Waals surface area (Å²) in [6.07, 6.45) is 4.35. The van der Waals surface area contributed by atoms with E-state index in [1.54, 1.807) is 0 Å². The molecular weight excluding hydrogens is 276 g/mol. The topological polar surface area (TPSA) is 55.6 Å². The molecule has 1 saturated heterocycles. The van der Waals surface area contributed by atoms with Crippen LogP contribution in [0.2, 0.25) is 0 Å². The minimum absolute atomic E-state index is 0.0359. The van der Waals surface area contributed by atoms with Crippen LogP contribution in [0.1, 0.15) is 24.8 Å².